The highest BCUT2D eigenvalue weighted by molar-refractivity contribution is 5.96. The number of hydrogen-bond acceptors (Lipinski definition) is 4. The van der Waals surface area contributed by atoms with Gasteiger partial charge < -0.3 is 16.4 Å². The number of nitrogens with zero attached hydrogens (tertiary/aromatic N) is 3. The number of aromatic nitrogens is 1. The molecule has 7 nitrogen and oxygen atoms in total. The molecule has 4 rings (SSSR count). The molecular weight excluding hydrogens is 400 g/mol. The monoisotopic (exact) mass is 424 g/mol. The third kappa shape index (κ3) is 5.10. The van der Waals surface area contributed by atoms with E-state index in [0.717, 1.165) is 24.0 Å². The molecule has 0 bridgehead atoms. The number of rotatable bonds is 5. The first-order valence-electron chi connectivity index (χ1n) is 10.6. The predicted molar refractivity (Wildman–Crippen MR) is 125 cm³/mol. The number of nitrogens with one attached hydrogen (secondary N) is 2. The van der Waals surface area contributed by atoms with E-state index in [0.29, 0.717) is 22.6 Å². The minimum atomic E-state index is -0.0376. The zero-order valence-electron chi connectivity index (χ0n) is 17.6. The average molecular weight is 425 g/mol. The van der Waals surface area contributed by atoms with E-state index in [1.807, 2.05) is 36.4 Å². The van der Waals surface area contributed by atoms with Crippen molar-refractivity contribution in [3.63, 3.8) is 0 Å². The van der Waals surface area contributed by atoms with Crippen LogP contribution in [0.5, 0.6) is 0 Å². The summed E-state index contributed by atoms with van der Waals surface area (Å²) in [6, 6.07) is 20.6. The summed E-state index contributed by atoms with van der Waals surface area (Å²) < 4.78 is 0. The lowest BCUT2D eigenvalue weighted by molar-refractivity contribution is 0.0938. The van der Waals surface area contributed by atoms with E-state index in [2.05, 4.69) is 26.7 Å². The number of carbonyl (C=O) groups is 1. The molecule has 1 heterocycles. The van der Waals surface area contributed by atoms with Crippen molar-refractivity contribution in [3.05, 3.63) is 78.0 Å². The number of nitrogens with two attached hydrogens (primary N) is 1. The Balaban J connectivity index is 1.46. The summed E-state index contributed by atoms with van der Waals surface area (Å²) in [5.74, 6) is 0.534. The number of aliphatic imine (C=N–C) groups is 1. The van der Waals surface area contributed by atoms with Gasteiger partial charge in [0.05, 0.1) is 11.3 Å². The van der Waals surface area contributed by atoms with Gasteiger partial charge in [0.15, 0.2) is 11.8 Å². The van der Waals surface area contributed by atoms with Crippen molar-refractivity contribution >= 4 is 23.4 Å². The topological polar surface area (TPSA) is 116 Å². The summed E-state index contributed by atoms with van der Waals surface area (Å²) >= 11 is 0. The second-order valence-corrected chi connectivity index (χ2v) is 7.72. The Bertz CT molecular complexity index is 1170. The highest BCUT2D eigenvalue weighted by Crippen LogP contribution is 2.23. The first-order chi connectivity index (χ1) is 15.6. The SMILES string of the molecule is N#Cc1ccccc1NC(N)=Nc1ccc(-c2cccc(C(=O)NC3CCCC3)c2)cn1. The lowest BCUT2D eigenvalue weighted by Crippen LogP contribution is -2.32. The smallest absolute Gasteiger partial charge is 0.251 e. The molecule has 32 heavy (non-hydrogen) atoms. The maximum absolute atomic E-state index is 12.6. The van der Waals surface area contributed by atoms with Crippen molar-refractivity contribution in [1.82, 2.24) is 10.3 Å². The molecule has 2 aromatic carbocycles. The van der Waals surface area contributed by atoms with Gasteiger partial charge in [0.25, 0.3) is 5.91 Å². The minimum absolute atomic E-state index is 0.0376. The van der Waals surface area contributed by atoms with Gasteiger partial charge in [-0.3, -0.25) is 4.79 Å². The number of nitriles is 1. The maximum atomic E-state index is 12.6. The van der Waals surface area contributed by atoms with Crippen molar-refractivity contribution in [2.24, 2.45) is 10.7 Å². The van der Waals surface area contributed by atoms with Crippen LogP contribution < -0.4 is 16.4 Å². The molecule has 160 valence electrons. The average Bonchev–Trinajstić information content (AvgIpc) is 3.33. The van der Waals surface area contributed by atoms with Gasteiger partial charge in [-0.2, -0.15) is 10.3 Å². The number of carbonyl (C=O) groups excluding carboxylic acids is 1. The summed E-state index contributed by atoms with van der Waals surface area (Å²) in [6.45, 7) is 0. The van der Waals surface area contributed by atoms with Gasteiger partial charge in [-0.25, -0.2) is 4.98 Å². The van der Waals surface area contributed by atoms with Gasteiger partial charge in [0.1, 0.15) is 6.07 Å². The number of guanidine groups is 1. The van der Waals surface area contributed by atoms with Crippen LogP contribution in [-0.2, 0) is 0 Å². The minimum Gasteiger partial charge on any atom is -0.369 e. The Morgan fingerprint density at radius 2 is 1.88 bits per heavy atom. The van der Waals surface area contributed by atoms with Crippen LogP contribution in [0.1, 0.15) is 41.6 Å². The first kappa shape index (κ1) is 21.1. The number of amides is 1. The summed E-state index contributed by atoms with van der Waals surface area (Å²) in [5.41, 5.74) is 9.46. The molecule has 0 saturated heterocycles. The molecule has 1 aliphatic rings. The van der Waals surface area contributed by atoms with Crippen LogP contribution in [0.3, 0.4) is 0 Å². The summed E-state index contributed by atoms with van der Waals surface area (Å²) in [7, 11) is 0. The zero-order valence-corrected chi connectivity index (χ0v) is 17.6. The molecule has 0 atom stereocenters. The van der Waals surface area contributed by atoms with Crippen LogP contribution in [0.4, 0.5) is 11.5 Å². The normalized spacial score (nSPS) is 14.0. The van der Waals surface area contributed by atoms with E-state index in [1.165, 1.54) is 12.8 Å². The summed E-state index contributed by atoms with van der Waals surface area (Å²) in [6.07, 6.45) is 6.16. The van der Waals surface area contributed by atoms with Crippen LogP contribution in [0, 0.1) is 11.3 Å². The lowest BCUT2D eigenvalue weighted by atomic mass is 10.0. The maximum Gasteiger partial charge on any atom is 0.251 e. The molecule has 7 heteroatoms. The van der Waals surface area contributed by atoms with Gasteiger partial charge in [-0.05, 0) is 54.8 Å². The molecule has 1 aromatic heterocycles. The number of benzene rings is 2. The van der Waals surface area contributed by atoms with Crippen molar-refractivity contribution in [3.8, 4) is 17.2 Å². The molecule has 1 amide bonds. The molecule has 4 N–H and O–H groups in total. The fraction of sp³-hybridized carbons (Fsp3) is 0.200. The van der Waals surface area contributed by atoms with Gasteiger partial charge in [-0.15, -0.1) is 0 Å². The molecule has 0 spiro atoms. The van der Waals surface area contributed by atoms with Gasteiger partial charge >= 0.3 is 0 Å². The van der Waals surface area contributed by atoms with Crippen molar-refractivity contribution in [1.29, 1.82) is 5.26 Å². The van der Waals surface area contributed by atoms with Crippen molar-refractivity contribution in [2.75, 3.05) is 5.32 Å². The zero-order chi connectivity index (χ0) is 22.3. The van der Waals surface area contributed by atoms with E-state index < -0.39 is 0 Å². The molecule has 3 aromatic rings. The summed E-state index contributed by atoms with van der Waals surface area (Å²) in [4.78, 5) is 21.2. The highest BCUT2D eigenvalue weighted by Gasteiger charge is 2.18. The number of para-hydroxylation sites is 1. The van der Waals surface area contributed by atoms with Crippen LogP contribution in [0.15, 0.2) is 71.9 Å². The number of pyridine rings is 1. The third-order valence-corrected chi connectivity index (χ3v) is 5.44. The van der Waals surface area contributed by atoms with Crippen LogP contribution in [-0.4, -0.2) is 22.9 Å². The lowest BCUT2D eigenvalue weighted by Gasteiger charge is -2.12. The van der Waals surface area contributed by atoms with Gasteiger partial charge in [-0.1, -0.05) is 37.1 Å². The van der Waals surface area contributed by atoms with Crippen LogP contribution in [0.2, 0.25) is 0 Å². The van der Waals surface area contributed by atoms with Gasteiger partial charge in [0.2, 0.25) is 0 Å². The Morgan fingerprint density at radius 3 is 2.62 bits per heavy atom. The van der Waals surface area contributed by atoms with E-state index in [9.17, 15) is 10.1 Å². The third-order valence-electron chi connectivity index (χ3n) is 5.44. The molecule has 1 aliphatic carbocycles. The Kier molecular flexibility index (Phi) is 6.42. The summed E-state index contributed by atoms with van der Waals surface area (Å²) in [5, 5.41) is 15.2. The largest absolute Gasteiger partial charge is 0.369 e. The molecule has 0 aliphatic heterocycles. The quantitative estimate of drug-likeness (QED) is 0.416. The predicted octanol–water partition coefficient (Wildman–Crippen LogP) is 4.35. The molecule has 0 unspecified atom stereocenters. The van der Waals surface area contributed by atoms with E-state index >= 15 is 0 Å². The van der Waals surface area contributed by atoms with Crippen molar-refractivity contribution in [2.45, 2.75) is 31.7 Å². The fourth-order valence-corrected chi connectivity index (χ4v) is 3.78. The molecule has 0 radical (unpaired) electrons. The molecular formula is C25H24N6O. The highest BCUT2D eigenvalue weighted by atomic mass is 16.1. The van der Waals surface area contributed by atoms with Crippen LogP contribution in [0.25, 0.3) is 11.1 Å². The second kappa shape index (κ2) is 9.75. The van der Waals surface area contributed by atoms with Crippen molar-refractivity contribution < 1.29 is 4.79 Å². The Hall–Kier alpha value is -4.18. The number of hydrogen-bond donors (Lipinski definition) is 3. The molecule has 1 fully saturated rings. The fourth-order valence-electron chi connectivity index (χ4n) is 3.78. The van der Waals surface area contributed by atoms with E-state index in [1.54, 1.807) is 30.5 Å². The van der Waals surface area contributed by atoms with Crippen LogP contribution >= 0.6 is 0 Å². The van der Waals surface area contributed by atoms with E-state index in [-0.39, 0.29) is 17.9 Å². The Labute approximate surface area is 187 Å². The Morgan fingerprint density at radius 1 is 1.06 bits per heavy atom. The molecule has 1 saturated carbocycles. The second-order valence-electron chi connectivity index (χ2n) is 7.72. The first-order valence-corrected chi connectivity index (χ1v) is 10.6. The number of anilines is 1. The standard InChI is InChI=1S/C25H24N6O/c26-15-19-6-1-4-11-22(19)30-25(27)31-23-13-12-20(16-28-23)17-7-5-8-18(14-17)24(32)29-21-9-2-3-10-21/h1,4-8,11-14,16,21H,2-3,9-10H2,(H,29,32)(H3,27,28,30,31). The van der Waals surface area contributed by atoms with E-state index in [4.69, 9.17) is 5.73 Å². The van der Waals surface area contributed by atoms with Gasteiger partial charge in [0, 0.05) is 23.4 Å².